The van der Waals surface area contributed by atoms with Crippen LogP contribution in [-0.2, 0) is 9.53 Å². The lowest BCUT2D eigenvalue weighted by molar-refractivity contribution is -0.137. The first-order chi connectivity index (χ1) is 5.30. The topological polar surface area (TPSA) is 26.3 Å². The van der Waals surface area contributed by atoms with Crippen LogP contribution in [-0.4, -0.2) is 13.1 Å². The average Bonchev–Trinajstić information content (AvgIpc) is 1.83. The van der Waals surface area contributed by atoms with E-state index < -0.39 is 0 Å². The maximum atomic E-state index is 11.3. The Kier molecular flexibility index (Phi) is 3.50. The number of esters is 1. The maximum Gasteiger partial charge on any atom is 0.334 e. The SMILES string of the molecule is COC(=O)C(=C(C)C)C(C)(C)C. The van der Waals surface area contributed by atoms with E-state index in [1.54, 1.807) is 0 Å². The van der Waals surface area contributed by atoms with Crippen LogP contribution < -0.4 is 0 Å². The highest BCUT2D eigenvalue weighted by atomic mass is 16.5. The van der Waals surface area contributed by atoms with Crippen LogP contribution in [0.4, 0.5) is 0 Å². The minimum atomic E-state index is -0.220. The Labute approximate surface area is 74.6 Å². The number of carbonyl (C=O) groups excluding carboxylic acids is 1. The number of carbonyl (C=O) groups is 1. The molecule has 0 fully saturated rings. The van der Waals surface area contributed by atoms with Gasteiger partial charge in [0, 0.05) is 5.57 Å². The van der Waals surface area contributed by atoms with Crippen molar-refractivity contribution in [2.75, 3.05) is 7.11 Å². The molecule has 0 saturated carbocycles. The average molecular weight is 170 g/mol. The van der Waals surface area contributed by atoms with Crippen molar-refractivity contribution in [3.05, 3.63) is 11.1 Å². The van der Waals surface area contributed by atoms with Crippen molar-refractivity contribution in [3.63, 3.8) is 0 Å². The van der Waals surface area contributed by atoms with Gasteiger partial charge in [0.1, 0.15) is 0 Å². The molecule has 0 amide bonds. The van der Waals surface area contributed by atoms with Crippen LogP contribution in [0.5, 0.6) is 0 Å². The van der Waals surface area contributed by atoms with Crippen LogP contribution in [0.15, 0.2) is 11.1 Å². The van der Waals surface area contributed by atoms with Gasteiger partial charge in [-0.1, -0.05) is 26.3 Å². The molecule has 70 valence electrons. The fourth-order valence-electron chi connectivity index (χ4n) is 1.36. The van der Waals surface area contributed by atoms with Gasteiger partial charge in [-0.05, 0) is 19.3 Å². The Morgan fingerprint density at radius 2 is 1.58 bits per heavy atom. The molecule has 0 aliphatic heterocycles. The summed E-state index contributed by atoms with van der Waals surface area (Å²) in [6.07, 6.45) is 0. The fraction of sp³-hybridized carbons (Fsp3) is 0.700. The Hall–Kier alpha value is -0.790. The first kappa shape index (κ1) is 11.2. The first-order valence-electron chi connectivity index (χ1n) is 4.07. The van der Waals surface area contributed by atoms with E-state index in [1.165, 1.54) is 7.11 Å². The number of rotatable bonds is 1. The van der Waals surface area contributed by atoms with E-state index in [1.807, 2.05) is 34.6 Å². The zero-order valence-corrected chi connectivity index (χ0v) is 8.82. The van der Waals surface area contributed by atoms with E-state index in [0.29, 0.717) is 0 Å². The Balaban J connectivity index is 4.97. The van der Waals surface area contributed by atoms with Crippen LogP contribution in [0.3, 0.4) is 0 Å². The molecular weight excluding hydrogens is 152 g/mol. The summed E-state index contributed by atoms with van der Waals surface area (Å²) in [6, 6.07) is 0. The molecular formula is C10H18O2. The predicted molar refractivity (Wildman–Crippen MR) is 49.8 cm³/mol. The summed E-state index contributed by atoms with van der Waals surface area (Å²) in [5, 5.41) is 0. The maximum absolute atomic E-state index is 11.3. The molecule has 0 radical (unpaired) electrons. The molecule has 0 heterocycles. The lowest BCUT2D eigenvalue weighted by atomic mass is 9.84. The molecule has 2 nitrogen and oxygen atoms in total. The molecule has 12 heavy (non-hydrogen) atoms. The highest BCUT2D eigenvalue weighted by Crippen LogP contribution is 2.28. The predicted octanol–water partition coefficient (Wildman–Crippen LogP) is 2.54. The molecule has 0 rings (SSSR count). The van der Waals surface area contributed by atoms with Crippen LogP contribution >= 0.6 is 0 Å². The fourth-order valence-corrected chi connectivity index (χ4v) is 1.36. The third kappa shape index (κ3) is 2.68. The van der Waals surface area contributed by atoms with E-state index in [0.717, 1.165) is 11.1 Å². The van der Waals surface area contributed by atoms with Crippen LogP contribution in [0, 0.1) is 5.41 Å². The number of hydrogen-bond acceptors (Lipinski definition) is 2. The molecule has 0 aliphatic rings. The molecule has 0 aliphatic carbocycles. The van der Waals surface area contributed by atoms with Crippen molar-refractivity contribution in [2.24, 2.45) is 5.41 Å². The largest absolute Gasteiger partial charge is 0.466 e. The summed E-state index contributed by atoms with van der Waals surface area (Å²) < 4.78 is 4.70. The molecule has 0 spiro atoms. The Bertz CT molecular complexity index is 202. The summed E-state index contributed by atoms with van der Waals surface area (Å²) >= 11 is 0. The van der Waals surface area contributed by atoms with Crippen molar-refractivity contribution in [1.82, 2.24) is 0 Å². The van der Waals surface area contributed by atoms with Crippen molar-refractivity contribution >= 4 is 5.97 Å². The van der Waals surface area contributed by atoms with Crippen molar-refractivity contribution in [1.29, 1.82) is 0 Å². The van der Waals surface area contributed by atoms with Crippen molar-refractivity contribution < 1.29 is 9.53 Å². The summed E-state index contributed by atoms with van der Waals surface area (Å²) in [7, 11) is 1.41. The van der Waals surface area contributed by atoms with Crippen LogP contribution in [0.1, 0.15) is 34.6 Å². The molecule has 0 N–H and O–H groups in total. The van der Waals surface area contributed by atoms with Gasteiger partial charge in [0.05, 0.1) is 7.11 Å². The normalized spacial score (nSPS) is 10.8. The number of allylic oxidation sites excluding steroid dienone is 1. The minimum absolute atomic E-state index is 0.133. The third-order valence-corrected chi connectivity index (χ3v) is 1.64. The van der Waals surface area contributed by atoms with Gasteiger partial charge in [-0.2, -0.15) is 0 Å². The molecule has 0 unspecified atom stereocenters. The molecule has 0 atom stereocenters. The standard InChI is InChI=1S/C10H18O2/c1-7(2)8(9(11)12-6)10(3,4)5/h1-6H3. The number of hydrogen-bond donors (Lipinski definition) is 0. The first-order valence-corrected chi connectivity index (χ1v) is 4.07. The van der Waals surface area contributed by atoms with Crippen LogP contribution in [0.2, 0.25) is 0 Å². The van der Waals surface area contributed by atoms with E-state index in [2.05, 4.69) is 0 Å². The van der Waals surface area contributed by atoms with Gasteiger partial charge in [0.15, 0.2) is 0 Å². The van der Waals surface area contributed by atoms with E-state index >= 15 is 0 Å². The lowest BCUT2D eigenvalue weighted by Gasteiger charge is -2.22. The Morgan fingerprint density at radius 1 is 1.17 bits per heavy atom. The second-order valence-corrected chi connectivity index (χ2v) is 4.12. The van der Waals surface area contributed by atoms with E-state index in [4.69, 9.17) is 4.74 Å². The van der Waals surface area contributed by atoms with Gasteiger partial charge >= 0.3 is 5.97 Å². The van der Waals surface area contributed by atoms with Gasteiger partial charge in [-0.25, -0.2) is 4.79 Å². The van der Waals surface area contributed by atoms with Crippen LogP contribution in [0.25, 0.3) is 0 Å². The summed E-state index contributed by atoms with van der Waals surface area (Å²) in [4.78, 5) is 11.3. The molecule has 0 aromatic rings. The zero-order chi connectivity index (χ0) is 9.94. The summed E-state index contributed by atoms with van der Waals surface area (Å²) in [6.45, 7) is 9.87. The highest BCUT2D eigenvalue weighted by molar-refractivity contribution is 5.90. The van der Waals surface area contributed by atoms with Gasteiger partial charge in [0.25, 0.3) is 0 Å². The summed E-state index contributed by atoms with van der Waals surface area (Å²) in [5.41, 5.74) is 1.66. The second kappa shape index (κ2) is 3.74. The highest BCUT2D eigenvalue weighted by Gasteiger charge is 2.25. The van der Waals surface area contributed by atoms with Crippen molar-refractivity contribution in [3.8, 4) is 0 Å². The van der Waals surface area contributed by atoms with Crippen molar-refractivity contribution in [2.45, 2.75) is 34.6 Å². The lowest BCUT2D eigenvalue weighted by Crippen LogP contribution is -2.20. The minimum Gasteiger partial charge on any atom is -0.466 e. The number of ether oxygens (including phenoxy) is 1. The molecule has 0 saturated heterocycles. The Morgan fingerprint density at radius 3 is 1.67 bits per heavy atom. The van der Waals surface area contributed by atoms with E-state index in [-0.39, 0.29) is 11.4 Å². The zero-order valence-electron chi connectivity index (χ0n) is 8.82. The summed E-state index contributed by atoms with van der Waals surface area (Å²) in [5.74, 6) is -0.220. The van der Waals surface area contributed by atoms with Gasteiger partial charge in [0.2, 0.25) is 0 Å². The van der Waals surface area contributed by atoms with Gasteiger partial charge < -0.3 is 4.74 Å². The monoisotopic (exact) mass is 170 g/mol. The number of methoxy groups -OCH3 is 1. The smallest absolute Gasteiger partial charge is 0.334 e. The second-order valence-electron chi connectivity index (χ2n) is 4.12. The third-order valence-electron chi connectivity index (χ3n) is 1.64. The van der Waals surface area contributed by atoms with Gasteiger partial charge in [-0.15, -0.1) is 0 Å². The quantitative estimate of drug-likeness (QED) is 0.446. The molecule has 0 aromatic carbocycles. The molecule has 0 bridgehead atoms. The molecule has 0 aromatic heterocycles. The van der Waals surface area contributed by atoms with E-state index in [9.17, 15) is 4.79 Å². The molecule has 2 heteroatoms. The van der Waals surface area contributed by atoms with Gasteiger partial charge in [-0.3, -0.25) is 0 Å².